The van der Waals surface area contributed by atoms with Crippen LogP contribution in [-0.4, -0.2) is 17.5 Å². The lowest BCUT2D eigenvalue weighted by atomic mass is 9.97. The van der Waals surface area contributed by atoms with Crippen LogP contribution < -0.4 is 4.74 Å². The third kappa shape index (κ3) is 2.48. The lowest BCUT2D eigenvalue weighted by Crippen LogP contribution is -2.13. The van der Waals surface area contributed by atoms with E-state index >= 15 is 0 Å². The van der Waals surface area contributed by atoms with Crippen molar-refractivity contribution in [3.63, 3.8) is 0 Å². The lowest BCUT2D eigenvalue weighted by molar-refractivity contribution is 0.0972. The van der Waals surface area contributed by atoms with E-state index in [-0.39, 0.29) is 0 Å². The lowest BCUT2D eigenvalue weighted by Gasteiger charge is -2.15. The molecule has 1 aromatic carbocycles. The molecule has 2 aromatic rings. The second-order valence-electron chi connectivity index (χ2n) is 5.24. The molecule has 1 aliphatic carbocycles. The van der Waals surface area contributed by atoms with Crippen LogP contribution in [0.4, 0.5) is 0 Å². The van der Waals surface area contributed by atoms with Crippen LogP contribution in [0.25, 0.3) is 0 Å². The highest BCUT2D eigenvalue weighted by atomic mass is 16.5. The molecule has 3 rings (SSSR count). The van der Waals surface area contributed by atoms with Crippen molar-refractivity contribution in [2.45, 2.75) is 32.2 Å². The Kier molecular flexibility index (Phi) is 3.59. The summed E-state index contributed by atoms with van der Waals surface area (Å²) in [5.41, 5.74) is 3.44. The van der Waals surface area contributed by atoms with Gasteiger partial charge in [-0.05, 0) is 43.0 Å². The van der Waals surface area contributed by atoms with Gasteiger partial charge >= 0.3 is 0 Å². The molecule has 0 saturated carbocycles. The monoisotopic (exact) mass is 269 g/mol. The van der Waals surface area contributed by atoms with Gasteiger partial charge in [0.1, 0.15) is 5.75 Å². The van der Waals surface area contributed by atoms with Gasteiger partial charge in [0.05, 0.1) is 7.11 Å². The molecule has 0 unspecified atom stereocenters. The Labute approximate surface area is 119 Å². The number of benzene rings is 1. The SMILES string of the molecule is COc1ccc(CCn2ccc3c2CCCC3=O)cc1. The molecule has 20 heavy (non-hydrogen) atoms. The standard InChI is InChI=1S/C17H19NO2/c1-20-14-7-5-13(6-8-14)9-11-18-12-10-15-16(18)3-2-4-17(15)19/h5-8,10,12H,2-4,9,11H2,1H3. The van der Waals surface area contributed by atoms with Crippen molar-refractivity contribution >= 4 is 5.78 Å². The number of hydrogen-bond donors (Lipinski definition) is 0. The van der Waals surface area contributed by atoms with Crippen LogP contribution in [0.2, 0.25) is 0 Å². The Hall–Kier alpha value is -2.03. The van der Waals surface area contributed by atoms with Crippen molar-refractivity contribution < 1.29 is 9.53 Å². The number of nitrogens with zero attached hydrogens (tertiary/aromatic N) is 1. The van der Waals surface area contributed by atoms with E-state index in [0.29, 0.717) is 12.2 Å². The van der Waals surface area contributed by atoms with Crippen LogP contribution in [0, 0.1) is 0 Å². The predicted octanol–water partition coefficient (Wildman–Crippen LogP) is 3.26. The minimum Gasteiger partial charge on any atom is -0.497 e. The van der Waals surface area contributed by atoms with Crippen LogP contribution in [0.1, 0.15) is 34.5 Å². The quantitative estimate of drug-likeness (QED) is 0.853. The Balaban J connectivity index is 1.70. The van der Waals surface area contributed by atoms with E-state index in [2.05, 4.69) is 22.9 Å². The summed E-state index contributed by atoms with van der Waals surface area (Å²) < 4.78 is 7.40. The summed E-state index contributed by atoms with van der Waals surface area (Å²) in [6.07, 6.45) is 5.74. The minimum atomic E-state index is 0.300. The molecule has 1 aromatic heterocycles. The van der Waals surface area contributed by atoms with Gasteiger partial charge in [-0.2, -0.15) is 0 Å². The summed E-state index contributed by atoms with van der Waals surface area (Å²) in [5.74, 6) is 1.19. The van der Waals surface area contributed by atoms with Crippen molar-refractivity contribution in [1.29, 1.82) is 0 Å². The van der Waals surface area contributed by atoms with Gasteiger partial charge in [0.2, 0.25) is 0 Å². The molecule has 0 saturated heterocycles. The Morgan fingerprint density at radius 1 is 1.15 bits per heavy atom. The molecule has 0 atom stereocenters. The first-order valence-corrected chi connectivity index (χ1v) is 7.12. The van der Waals surface area contributed by atoms with Gasteiger partial charge in [-0.1, -0.05) is 12.1 Å². The summed E-state index contributed by atoms with van der Waals surface area (Å²) >= 11 is 0. The van der Waals surface area contributed by atoms with E-state index in [9.17, 15) is 4.79 Å². The number of aromatic nitrogens is 1. The van der Waals surface area contributed by atoms with Crippen molar-refractivity contribution in [1.82, 2.24) is 4.57 Å². The van der Waals surface area contributed by atoms with E-state index in [0.717, 1.165) is 37.1 Å². The van der Waals surface area contributed by atoms with Gasteiger partial charge in [-0.15, -0.1) is 0 Å². The Morgan fingerprint density at radius 3 is 2.70 bits per heavy atom. The molecule has 104 valence electrons. The van der Waals surface area contributed by atoms with Crippen molar-refractivity contribution in [2.24, 2.45) is 0 Å². The molecular formula is C17H19NO2. The molecule has 0 fully saturated rings. The summed E-state index contributed by atoms with van der Waals surface area (Å²) in [6, 6.07) is 10.2. The topological polar surface area (TPSA) is 31.2 Å². The van der Waals surface area contributed by atoms with Gasteiger partial charge in [0, 0.05) is 30.4 Å². The number of aryl methyl sites for hydroxylation is 2. The Bertz CT molecular complexity index is 610. The number of rotatable bonds is 4. The molecular weight excluding hydrogens is 250 g/mol. The van der Waals surface area contributed by atoms with Crippen LogP contribution in [-0.2, 0) is 19.4 Å². The number of hydrogen-bond acceptors (Lipinski definition) is 2. The fourth-order valence-electron chi connectivity index (χ4n) is 2.84. The smallest absolute Gasteiger partial charge is 0.164 e. The highest BCUT2D eigenvalue weighted by molar-refractivity contribution is 5.98. The third-order valence-corrected chi connectivity index (χ3v) is 4.00. The average molecular weight is 269 g/mol. The number of ether oxygens (including phenoxy) is 1. The fraction of sp³-hybridized carbons (Fsp3) is 0.353. The maximum atomic E-state index is 11.8. The first-order valence-electron chi connectivity index (χ1n) is 7.12. The van der Waals surface area contributed by atoms with E-state index in [1.165, 1.54) is 11.3 Å². The van der Waals surface area contributed by atoms with Gasteiger partial charge in [-0.25, -0.2) is 0 Å². The first kappa shape index (κ1) is 13.0. The molecule has 0 N–H and O–H groups in total. The van der Waals surface area contributed by atoms with E-state index in [1.54, 1.807) is 7.11 Å². The van der Waals surface area contributed by atoms with E-state index < -0.39 is 0 Å². The highest BCUT2D eigenvalue weighted by Gasteiger charge is 2.20. The van der Waals surface area contributed by atoms with Gasteiger partial charge < -0.3 is 9.30 Å². The molecule has 0 spiro atoms. The number of ketones is 1. The molecule has 0 aliphatic heterocycles. The van der Waals surface area contributed by atoms with Gasteiger partial charge in [-0.3, -0.25) is 4.79 Å². The normalized spacial score (nSPS) is 14.2. The molecule has 0 bridgehead atoms. The summed E-state index contributed by atoms with van der Waals surface area (Å²) in [5, 5.41) is 0. The number of carbonyl (C=O) groups is 1. The van der Waals surface area contributed by atoms with Crippen LogP contribution in [0.15, 0.2) is 36.5 Å². The zero-order valence-corrected chi connectivity index (χ0v) is 11.8. The van der Waals surface area contributed by atoms with E-state index in [4.69, 9.17) is 4.74 Å². The predicted molar refractivity (Wildman–Crippen MR) is 78.4 cm³/mol. The number of methoxy groups -OCH3 is 1. The average Bonchev–Trinajstić information content (AvgIpc) is 2.90. The molecule has 1 aliphatic rings. The fourth-order valence-corrected chi connectivity index (χ4v) is 2.84. The van der Waals surface area contributed by atoms with Crippen LogP contribution >= 0.6 is 0 Å². The molecule has 0 radical (unpaired) electrons. The van der Waals surface area contributed by atoms with Gasteiger partial charge in [0.25, 0.3) is 0 Å². The largest absolute Gasteiger partial charge is 0.497 e. The maximum absolute atomic E-state index is 11.8. The highest BCUT2D eigenvalue weighted by Crippen LogP contribution is 2.22. The third-order valence-electron chi connectivity index (χ3n) is 4.00. The second kappa shape index (κ2) is 5.53. The molecule has 3 heteroatoms. The molecule has 3 nitrogen and oxygen atoms in total. The molecule has 1 heterocycles. The zero-order chi connectivity index (χ0) is 13.9. The Morgan fingerprint density at radius 2 is 1.95 bits per heavy atom. The first-order chi connectivity index (χ1) is 9.78. The zero-order valence-electron chi connectivity index (χ0n) is 11.8. The van der Waals surface area contributed by atoms with Crippen molar-refractivity contribution in [3.8, 4) is 5.75 Å². The number of fused-ring (bicyclic) bond motifs is 1. The summed E-state index contributed by atoms with van der Waals surface area (Å²) in [7, 11) is 1.68. The number of Topliss-reactive ketones (excluding diaryl/α,β-unsaturated/α-hetero) is 1. The van der Waals surface area contributed by atoms with Crippen LogP contribution in [0.5, 0.6) is 5.75 Å². The van der Waals surface area contributed by atoms with Crippen molar-refractivity contribution in [2.75, 3.05) is 7.11 Å². The van der Waals surface area contributed by atoms with Crippen molar-refractivity contribution in [3.05, 3.63) is 53.3 Å². The number of carbonyl (C=O) groups excluding carboxylic acids is 1. The maximum Gasteiger partial charge on any atom is 0.164 e. The summed E-state index contributed by atoms with van der Waals surface area (Å²) in [4.78, 5) is 11.8. The van der Waals surface area contributed by atoms with Crippen LogP contribution in [0.3, 0.4) is 0 Å². The summed E-state index contributed by atoms with van der Waals surface area (Å²) in [6.45, 7) is 0.926. The molecule has 0 amide bonds. The second-order valence-corrected chi connectivity index (χ2v) is 5.24. The van der Waals surface area contributed by atoms with E-state index in [1.807, 2.05) is 18.2 Å². The van der Waals surface area contributed by atoms with Gasteiger partial charge in [0.15, 0.2) is 5.78 Å². The minimum absolute atomic E-state index is 0.300.